The minimum atomic E-state index is -4.58. The van der Waals surface area contributed by atoms with E-state index in [0.717, 1.165) is 12.1 Å². The van der Waals surface area contributed by atoms with Crippen molar-refractivity contribution in [2.45, 2.75) is 6.18 Å². The summed E-state index contributed by atoms with van der Waals surface area (Å²) in [5.41, 5.74) is -1.07. The van der Waals surface area contributed by atoms with Crippen LogP contribution >= 0.6 is 27.5 Å². The van der Waals surface area contributed by atoms with E-state index in [-0.39, 0.29) is 5.02 Å². The van der Waals surface area contributed by atoms with Crippen molar-refractivity contribution >= 4 is 27.5 Å². The molecule has 0 saturated carbocycles. The van der Waals surface area contributed by atoms with Gasteiger partial charge in [0.25, 0.3) is 0 Å². The maximum absolute atomic E-state index is 12.8. The maximum atomic E-state index is 12.8. The van der Waals surface area contributed by atoms with E-state index in [1.807, 2.05) is 0 Å². The van der Waals surface area contributed by atoms with E-state index in [4.69, 9.17) is 11.6 Å². The van der Waals surface area contributed by atoms with E-state index in [9.17, 15) is 17.6 Å². The first kappa shape index (κ1) is 10.8. The number of hydrogen-bond acceptors (Lipinski definition) is 0. The van der Waals surface area contributed by atoms with Crippen LogP contribution in [0.3, 0.4) is 0 Å². The van der Waals surface area contributed by atoms with Gasteiger partial charge in [0.05, 0.1) is 15.1 Å². The van der Waals surface area contributed by atoms with Crippen molar-refractivity contribution in [2.75, 3.05) is 0 Å². The molecule has 0 aromatic heterocycles. The fraction of sp³-hybridized carbons (Fsp3) is 0.143. The highest BCUT2D eigenvalue weighted by Crippen LogP contribution is 2.37. The molecule has 1 rings (SSSR count). The zero-order valence-electron chi connectivity index (χ0n) is 5.92. The lowest BCUT2D eigenvalue weighted by Gasteiger charge is -2.09. The summed E-state index contributed by atoms with van der Waals surface area (Å²) in [7, 11) is 0. The summed E-state index contributed by atoms with van der Waals surface area (Å²) in [6.07, 6.45) is -4.58. The molecule has 0 aliphatic heterocycles. The van der Waals surface area contributed by atoms with Crippen LogP contribution in [0.1, 0.15) is 5.56 Å². The third-order valence-corrected chi connectivity index (χ3v) is 2.41. The Morgan fingerprint density at radius 3 is 2.23 bits per heavy atom. The molecule has 0 N–H and O–H groups in total. The van der Waals surface area contributed by atoms with E-state index in [1.165, 1.54) is 0 Å². The Morgan fingerprint density at radius 1 is 1.23 bits per heavy atom. The quantitative estimate of drug-likeness (QED) is 0.491. The fourth-order valence-electron chi connectivity index (χ4n) is 0.745. The van der Waals surface area contributed by atoms with E-state index in [0.29, 0.717) is 0 Å². The third kappa shape index (κ3) is 2.14. The van der Waals surface area contributed by atoms with Crippen LogP contribution in [0.25, 0.3) is 0 Å². The molecule has 0 nitrogen and oxygen atoms in total. The lowest BCUT2D eigenvalue weighted by Crippen LogP contribution is -2.06. The van der Waals surface area contributed by atoms with E-state index in [1.54, 1.807) is 0 Å². The van der Waals surface area contributed by atoms with E-state index in [2.05, 4.69) is 15.9 Å². The molecule has 1 aromatic rings. The van der Waals surface area contributed by atoms with Gasteiger partial charge in [-0.3, -0.25) is 0 Å². The lowest BCUT2D eigenvalue weighted by atomic mass is 10.2. The molecule has 0 heterocycles. The molecule has 6 heteroatoms. The Morgan fingerprint density at radius 2 is 1.77 bits per heavy atom. The second-order valence-electron chi connectivity index (χ2n) is 2.22. The van der Waals surface area contributed by atoms with Gasteiger partial charge in [0, 0.05) is 0 Å². The molecule has 72 valence electrons. The predicted octanol–water partition coefficient (Wildman–Crippen LogP) is 4.26. The molecule has 0 spiro atoms. The van der Waals surface area contributed by atoms with Crippen LogP contribution in [0, 0.1) is 5.82 Å². The highest BCUT2D eigenvalue weighted by Gasteiger charge is 2.34. The van der Waals surface area contributed by atoms with E-state index >= 15 is 0 Å². The number of halogens is 6. The smallest absolute Gasteiger partial charge is 0.204 e. The van der Waals surface area contributed by atoms with Gasteiger partial charge in [-0.25, -0.2) is 4.39 Å². The molecule has 13 heavy (non-hydrogen) atoms. The summed E-state index contributed by atoms with van der Waals surface area (Å²) < 4.78 is 48.5. The van der Waals surface area contributed by atoms with Crippen molar-refractivity contribution in [3.63, 3.8) is 0 Å². The van der Waals surface area contributed by atoms with E-state index < -0.39 is 22.0 Å². The Balaban J connectivity index is 3.35. The van der Waals surface area contributed by atoms with Crippen molar-refractivity contribution < 1.29 is 17.6 Å². The SMILES string of the molecule is Fc1c(Cl)ccc(C(F)(F)F)c1Br. The van der Waals surface area contributed by atoms with Gasteiger partial charge in [-0.05, 0) is 28.1 Å². The Kier molecular flexibility index (Phi) is 2.87. The van der Waals surface area contributed by atoms with Gasteiger partial charge in [-0.1, -0.05) is 11.6 Å². The molecule has 0 unspecified atom stereocenters. The van der Waals surface area contributed by atoms with Gasteiger partial charge in [-0.2, -0.15) is 13.2 Å². The summed E-state index contributed by atoms with van der Waals surface area (Å²) in [6.45, 7) is 0. The number of alkyl halides is 3. The van der Waals surface area contributed by atoms with Crippen LogP contribution in [0.2, 0.25) is 5.02 Å². The highest BCUT2D eigenvalue weighted by molar-refractivity contribution is 9.10. The van der Waals surface area contributed by atoms with Crippen molar-refractivity contribution in [3.05, 3.63) is 33.0 Å². The van der Waals surface area contributed by atoms with Crippen LogP contribution < -0.4 is 0 Å². The zero-order chi connectivity index (χ0) is 10.2. The van der Waals surface area contributed by atoms with Gasteiger partial charge in [-0.15, -0.1) is 0 Å². The molecule has 0 aliphatic carbocycles. The van der Waals surface area contributed by atoms with Crippen LogP contribution in [0.15, 0.2) is 16.6 Å². The summed E-state index contributed by atoms with van der Waals surface area (Å²) in [6, 6.07) is 1.58. The summed E-state index contributed by atoms with van der Waals surface area (Å²) in [4.78, 5) is 0. The van der Waals surface area contributed by atoms with Gasteiger partial charge < -0.3 is 0 Å². The van der Waals surface area contributed by atoms with Gasteiger partial charge in [0.1, 0.15) is 0 Å². The number of hydrogen-bond donors (Lipinski definition) is 0. The fourth-order valence-corrected chi connectivity index (χ4v) is 1.59. The van der Waals surface area contributed by atoms with Crippen LogP contribution in [-0.2, 0) is 6.18 Å². The molecule has 0 radical (unpaired) electrons. The average molecular weight is 277 g/mol. The van der Waals surface area contributed by atoms with Crippen LogP contribution in [0.4, 0.5) is 17.6 Å². The number of rotatable bonds is 0. The standard InChI is InChI=1S/C7H2BrClF4/c8-5-3(7(11,12)13)1-2-4(9)6(5)10/h1-2H. The molecule has 0 fully saturated rings. The predicted molar refractivity (Wildman–Crippen MR) is 44.1 cm³/mol. The molecule has 0 amide bonds. The lowest BCUT2D eigenvalue weighted by molar-refractivity contribution is -0.138. The topological polar surface area (TPSA) is 0 Å². The normalized spacial score (nSPS) is 11.8. The molecule has 0 bridgehead atoms. The maximum Gasteiger partial charge on any atom is 0.417 e. The average Bonchev–Trinajstić information content (AvgIpc) is 1.98. The first-order valence-electron chi connectivity index (χ1n) is 3.04. The summed E-state index contributed by atoms with van der Waals surface area (Å²) >= 11 is 7.75. The number of benzene rings is 1. The van der Waals surface area contributed by atoms with Gasteiger partial charge in [0.15, 0.2) is 5.82 Å². The largest absolute Gasteiger partial charge is 0.417 e. The summed E-state index contributed by atoms with van der Waals surface area (Å²) in [5.74, 6) is -1.10. The molecular formula is C7H2BrClF4. The molecule has 1 aromatic carbocycles. The second-order valence-corrected chi connectivity index (χ2v) is 3.42. The Labute approximate surface area is 84.6 Å². The van der Waals surface area contributed by atoms with Gasteiger partial charge >= 0.3 is 6.18 Å². The molecule has 0 saturated heterocycles. The third-order valence-electron chi connectivity index (χ3n) is 1.34. The Hall–Kier alpha value is -0.290. The monoisotopic (exact) mass is 276 g/mol. The van der Waals surface area contributed by atoms with Crippen molar-refractivity contribution in [2.24, 2.45) is 0 Å². The zero-order valence-corrected chi connectivity index (χ0v) is 8.26. The molecule has 0 aliphatic rings. The van der Waals surface area contributed by atoms with Crippen molar-refractivity contribution in [3.8, 4) is 0 Å². The molecule has 0 atom stereocenters. The minimum Gasteiger partial charge on any atom is -0.204 e. The first-order valence-corrected chi connectivity index (χ1v) is 4.22. The minimum absolute atomic E-state index is 0.347. The first-order chi connectivity index (χ1) is 5.84. The van der Waals surface area contributed by atoms with Crippen molar-refractivity contribution in [1.82, 2.24) is 0 Å². The summed E-state index contributed by atoms with van der Waals surface area (Å²) in [5, 5.41) is -0.347. The van der Waals surface area contributed by atoms with Crippen LogP contribution in [-0.4, -0.2) is 0 Å². The van der Waals surface area contributed by atoms with Crippen molar-refractivity contribution in [1.29, 1.82) is 0 Å². The van der Waals surface area contributed by atoms with Gasteiger partial charge in [0.2, 0.25) is 0 Å². The second kappa shape index (κ2) is 3.46. The Bertz CT molecular complexity index is 334. The van der Waals surface area contributed by atoms with Crippen LogP contribution in [0.5, 0.6) is 0 Å². The molecular weight excluding hydrogens is 275 g/mol. The highest BCUT2D eigenvalue weighted by atomic mass is 79.9.